The third-order valence-corrected chi connectivity index (χ3v) is 2.42. The van der Waals surface area contributed by atoms with Crippen molar-refractivity contribution in [2.75, 3.05) is 12.3 Å². The molecular formula is C9H15N3OS. The molecule has 0 aromatic carbocycles. The molecule has 5 heteroatoms. The summed E-state index contributed by atoms with van der Waals surface area (Å²) in [6.07, 6.45) is 3.42. The maximum atomic E-state index is 11.3. The number of hydrogen-bond donors (Lipinski definition) is 2. The first-order valence-corrected chi connectivity index (χ1v) is 5.56. The Kier molecular flexibility index (Phi) is 4.52. The lowest BCUT2D eigenvalue weighted by molar-refractivity contribution is -0.118. The third kappa shape index (κ3) is 4.32. The van der Waals surface area contributed by atoms with Gasteiger partial charge in [0, 0.05) is 18.9 Å². The lowest BCUT2D eigenvalue weighted by atomic mass is 10.2. The fourth-order valence-electron chi connectivity index (χ4n) is 0.833. The minimum absolute atomic E-state index is 0.0556. The Morgan fingerprint density at radius 3 is 3.07 bits per heavy atom. The van der Waals surface area contributed by atoms with E-state index in [1.54, 1.807) is 12.4 Å². The molecule has 0 spiro atoms. The summed E-state index contributed by atoms with van der Waals surface area (Å²) in [7, 11) is 0. The van der Waals surface area contributed by atoms with Crippen LogP contribution in [0.25, 0.3) is 0 Å². The van der Waals surface area contributed by atoms with E-state index < -0.39 is 0 Å². The molecule has 1 amide bonds. The second kappa shape index (κ2) is 5.70. The Morgan fingerprint density at radius 2 is 2.50 bits per heavy atom. The summed E-state index contributed by atoms with van der Waals surface area (Å²) >= 11 is 1.41. The van der Waals surface area contributed by atoms with E-state index >= 15 is 0 Å². The number of thioether (sulfide) groups is 1. The molecule has 0 bridgehead atoms. The zero-order valence-electron chi connectivity index (χ0n) is 8.41. The van der Waals surface area contributed by atoms with Crippen molar-refractivity contribution in [2.24, 2.45) is 5.92 Å². The molecule has 0 fully saturated rings. The van der Waals surface area contributed by atoms with Crippen molar-refractivity contribution in [3.05, 3.63) is 12.4 Å². The molecule has 0 saturated heterocycles. The molecule has 1 rings (SSSR count). The maximum Gasteiger partial charge on any atom is 0.230 e. The number of imidazole rings is 1. The number of amides is 1. The van der Waals surface area contributed by atoms with Crippen molar-refractivity contribution in [1.29, 1.82) is 0 Å². The van der Waals surface area contributed by atoms with Gasteiger partial charge in [-0.25, -0.2) is 4.98 Å². The maximum absolute atomic E-state index is 11.3. The Labute approximate surface area is 87.9 Å². The standard InChI is InChI=1S/C9H15N3OS/c1-7(2)5-12-8(13)6-14-9-10-3-4-11-9/h3-4,7H,5-6H2,1-2H3,(H,10,11)(H,12,13). The lowest BCUT2D eigenvalue weighted by Crippen LogP contribution is -2.28. The molecule has 0 atom stereocenters. The van der Waals surface area contributed by atoms with E-state index in [4.69, 9.17) is 0 Å². The summed E-state index contributed by atoms with van der Waals surface area (Å²) in [6.45, 7) is 4.87. The number of H-pyrrole nitrogens is 1. The third-order valence-electron chi connectivity index (χ3n) is 1.52. The average Bonchev–Trinajstić information content (AvgIpc) is 2.63. The molecule has 4 nitrogen and oxygen atoms in total. The van der Waals surface area contributed by atoms with Crippen molar-refractivity contribution >= 4 is 17.7 Å². The number of carbonyl (C=O) groups is 1. The van der Waals surface area contributed by atoms with Crippen LogP contribution in [0, 0.1) is 5.92 Å². The molecule has 0 aliphatic heterocycles. The topological polar surface area (TPSA) is 57.8 Å². The first kappa shape index (κ1) is 11.1. The molecule has 14 heavy (non-hydrogen) atoms. The summed E-state index contributed by atoms with van der Waals surface area (Å²) in [5, 5.41) is 3.63. The molecule has 0 aliphatic carbocycles. The minimum Gasteiger partial charge on any atom is -0.355 e. The van der Waals surface area contributed by atoms with E-state index in [0.717, 1.165) is 11.7 Å². The summed E-state index contributed by atoms with van der Waals surface area (Å²) in [4.78, 5) is 18.2. The van der Waals surface area contributed by atoms with Crippen molar-refractivity contribution in [3.63, 3.8) is 0 Å². The van der Waals surface area contributed by atoms with Crippen LogP contribution in [-0.4, -0.2) is 28.2 Å². The SMILES string of the molecule is CC(C)CNC(=O)CSc1ncc[nH]1. The van der Waals surface area contributed by atoms with Crippen LogP contribution in [0.4, 0.5) is 0 Å². The molecule has 0 saturated carbocycles. The molecule has 1 aromatic rings. The molecule has 78 valence electrons. The molecule has 1 heterocycles. The fourth-order valence-corrected chi connectivity index (χ4v) is 1.49. The molecule has 0 unspecified atom stereocenters. The summed E-state index contributed by atoms with van der Waals surface area (Å²) in [5.74, 6) is 0.966. The van der Waals surface area contributed by atoms with Gasteiger partial charge >= 0.3 is 0 Å². The van der Waals surface area contributed by atoms with Crippen LogP contribution in [0.5, 0.6) is 0 Å². The number of hydrogen-bond acceptors (Lipinski definition) is 3. The first-order chi connectivity index (χ1) is 6.68. The lowest BCUT2D eigenvalue weighted by Gasteiger charge is -2.06. The molecule has 2 N–H and O–H groups in total. The monoisotopic (exact) mass is 213 g/mol. The van der Waals surface area contributed by atoms with Crippen LogP contribution < -0.4 is 5.32 Å². The number of aromatic nitrogens is 2. The zero-order chi connectivity index (χ0) is 10.4. The van der Waals surface area contributed by atoms with E-state index in [9.17, 15) is 4.79 Å². The Bertz CT molecular complexity index is 272. The van der Waals surface area contributed by atoms with Crippen molar-refractivity contribution < 1.29 is 4.79 Å². The van der Waals surface area contributed by atoms with Gasteiger partial charge < -0.3 is 10.3 Å². The van der Waals surface area contributed by atoms with E-state index in [1.165, 1.54) is 11.8 Å². The van der Waals surface area contributed by atoms with Crippen molar-refractivity contribution in [3.8, 4) is 0 Å². The van der Waals surface area contributed by atoms with Crippen LogP contribution in [0.1, 0.15) is 13.8 Å². The highest BCUT2D eigenvalue weighted by molar-refractivity contribution is 7.99. The van der Waals surface area contributed by atoms with Gasteiger partial charge in [-0.2, -0.15) is 0 Å². The van der Waals surface area contributed by atoms with Gasteiger partial charge in [-0.1, -0.05) is 25.6 Å². The summed E-state index contributed by atoms with van der Waals surface area (Å²) in [6, 6.07) is 0. The van der Waals surface area contributed by atoms with E-state index in [-0.39, 0.29) is 5.91 Å². The predicted octanol–water partition coefficient (Wildman–Crippen LogP) is 1.27. The second-order valence-corrected chi connectivity index (χ2v) is 4.34. The van der Waals surface area contributed by atoms with Gasteiger partial charge in [0.1, 0.15) is 0 Å². The summed E-state index contributed by atoms with van der Waals surface area (Å²) in [5.41, 5.74) is 0. The second-order valence-electron chi connectivity index (χ2n) is 3.38. The van der Waals surface area contributed by atoms with E-state index in [0.29, 0.717) is 11.7 Å². The number of nitrogens with one attached hydrogen (secondary N) is 2. The molecule has 0 aliphatic rings. The van der Waals surface area contributed by atoms with Crippen molar-refractivity contribution in [2.45, 2.75) is 19.0 Å². The van der Waals surface area contributed by atoms with Gasteiger partial charge in [0.2, 0.25) is 5.91 Å². The van der Waals surface area contributed by atoms with Crippen LogP contribution in [0.3, 0.4) is 0 Å². The van der Waals surface area contributed by atoms with Gasteiger partial charge in [0.05, 0.1) is 5.75 Å². The number of aromatic amines is 1. The highest BCUT2D eigenvalue weighted by Crippen LogP contribution is 2.10. The summed E-state index contributed by atoms with van der Waals surface area (Å²) < 4.78 is 0. The molecule has 1 aromatic heterocycles. The Hall–Kier alpha value is -0.970. The Balaban J connectivity index is 2.15. The Morgan fingerprint density at radius 1 is 1.71 bits per heavy atom. The van der Waals surface area contributed by atoms with E-state index in [1.807, 2.05) is 0 Å². The van der Waals surface area contributed by atoms with Crippen LogP contribution in [0.2, 0.25) is 0 Å². The minimum atomic E-state index is 0.0556. The molecule has 0 radical (unpaired) electrons. The highest BCUT2D eigenvalue weighted by Gasteiger charge is 2.04. The van der Waals surface area contributed by atoms with Gasteiger partial charge in [-0.15, -0.1) is 0 Å². The molecular weight excluding hydrogens is 198 g/mol. The zero-order valence-corrected chi connectivity index (χ0v) is 9.23. The smallest absolute Gasteiger partial charge is 0.230 e. The fraction of sp³-hybridized carbons (Fsp3) is 0.556. The van der Waals surface area contributed by atoms with Gasteiger partial charge in [-0.05, 0) is 5.92 Å². The highest BCUT2D eigenvalue weighted by atomic mass is 32.2. The first-order valence-electron chi connectivity index (χ1n) is 4.57. The average molecular weight is 213 g/mol. The van der Waals surface area contributed by atoms with Crippen LogP contribution >= 0.6 is 11.8 Å². The van der Waals surface area contributed by atoms with Gasteiger partial charge in [0.25, 0.3) is 0 Å². The number of carbonyl (C=O) groups excluding carboxylic acids is 1. The number of nitrogens with zero attached hydrogens (tertiary/aromatic N) is 1. The largest absolute Gasteiger partial charge is 0.355 e. The number of rotatable bonds is 5. The quantitative estimate of drug-likeness (QED) is 0.724. The van der Waals surface area contributed by atoms with Crippen molar-refractivity contribution in [1.82, 2.24) is 15.3 Å². The van der Waals surface area contributed by atoms with Crippen LogP contribution in [-0.2, 0) is 4.79 Å². The van der Waals surface area contributed by atoms with Gasteiger partial charge in [0.15, 0.2) is 5.16 Å². The normalized spacial score (nSPS) is 10.5. The van der Waals surface area contributed by atoms with E-state index in [2.05, 4.69) is 29.1 Å². The van der Waals surface area contributed by atoms with Gasteiger partial charge in [-0.3, -0.25) is 4.79 Å². The predicted molar refractivity (Wildman–Crippen MR) is 57.2 cm³/mol. The van der Waals surface area contributed by atoms with Crippen LogP contribution in [0.15, 0.2) is 17.6 Å².